The van der Waals surface area contributed by atoms with Crippen LogP contribution in [0.5, 0.6) is 5.75 Å². The van der Waals surface area contributed by atoms with Crippen LogP contribution in [0.3, 0.4) is 0 Å². The Hall–Kier alpha value is -1.53. The van der Waals surface area contributed by atoms with Crippen molar-refractivity contribution in [3.8, 4) is 5.75 Å². The van der Waals surface area contributed by atoms with E-state index in [-0.39, 0.29) is 10.6 Å². The largest absolute Gasteiger partial charge is 0.506 e. The molecule has 2 aromatic rings. The third-order valence-electron chi connectivity index (χ3n) is 2.84. The van der Waals surface area contributed by atoms with Gasteiger partial charge in [0.15, 0.2) is 0 Å². The average molecular weight is 356 g/mol. The summed E-state index contributed by atoms with van der Waals surface area (Å²) in [5.41, 5.74) is 1.97. The van der Waals surface area contributed by atoms with Crippen LogP contribution >= 0.6 is 15.9 Å². The number of rotatable bonds is 3. The molecular weight excluding hydrogens is 342 g/mol. The fraction of sp³-hybridized carbons (Fsp3) is 0.143. The van der Waals surface area contributed by atoms with E-state index in [9.17, 15) is 13.5 Å². The Morgan fingerprint density at radius 3 is 2.25 bits per heavy atom. The Bertz CT molecular complexity index is 717. The van der Waals surface area contributed by atoms with Crippen molar-refractivity contribution in [1.29, 1.82) is 0 Å². The fourth-order valence-electron chi connectivity index (χ4n) is 1.73. The van der Waals surface area contributed by atoms with Crippen molar-refractivity contribution in [2.45, 2.75) is 18.7 Å². The molecule has 2 rings (SSSR count). The van der Waals surface area contributed by atoms with Crippen LogP contribution in [0.15, 0.2) is 45.8 Å². The molecule has 0 radical (unpaired) electrons. The van der Waals surface area contributed by atoms with Crippen molar-refractivity contribution in [2.24, 2.45) is 0 Å². The van der Waals surface area contributed by atoms with Gasteiger partial charge in [0.1, 0.15) is 5.75 Å². The summed E-state index contributed by atoms with van der Waals surface area (Å²) in [6.07, 6.45) is 0. The van der Waals surface area contributed by atoms with Gasteiger partial charge in [0.05, 0.1) is 15.1 Å². The minimum Gasteiger partial charge on any atom is -0.506 e. The molecule has 0 heterocycles. The van der Waals surface area contributed by atoms with Gasteiger partial charge in [0, 0.05) is 0 Å². The first-order valence-electron chi connectivity index (χ1n) is 5.88. The molecule has 6 heteroatoms. The summed E-state index contributed by atoms with van der Waals surface area (Å²) in [7, 11) is -3.63. The number of phenolic OH excluding ortho intramolecular Hbond substituents is 1. The van der Waals surface area contributed by atoms with Crippen LogP contribution < -0.4 is 4.72 Å². The van der Waals surface area contributed by atoms with E-state index in [2.05, 4.69) is 20.7 Å². The summed E-state index contributed by atoms with van der Waals surface area (Å²) in [6, 6.07) is 9.69. The molecule has 20 heavy (non-hydrogen) atoms. The number of hydrogen-bond donors (Lipinski definition) is 2. The molecule has 0 bridgehead atoms. The van der Waals surface area contributed by atoms with E-state index in [0.29, 0.717) is 15.7 Å². The monoisotopic (exact) mass is 355 g/mol. The SMILES string of the molecule is Cc1ccc(S(=O)(=O)Nc2cc(C)c(O)c(Br)c2)cc1. The summed E-state index contributed by atoms with van der Waals surface area (Å²) >= 11 is 3.19. The van der Waals surface area contributed by atoms with Crippen LogP contribution in [0.1, 0.15) is 11.1 Å². The van der Waals surface area contributed by atoms with Crippen molar-refractivity contribution < 1.29 is 13.5 Å². The van der Waals surface area contributed by atoms with E-state index in [1.54, 1.807) is 37.3 Å². The number of benzene rings is 2. The summed E-state index contributed by atoms with van der Waals surface area (Å²) < 4.78 is 27.4. The van der Waals surface area contributed by atoms with Crippen LogP contribution in [-0.4, -0.2) is 13.5 Å². The number of phenols is 1. The molecule has 0 atom stereocenters. The molecule has 0 amide bonds. The van der Waals surface area contributed by atoms with Gasteiger partial charge in [-0.15, -0.1) is 0 Å². The van der Waals surface area contributed by atoms with Gasteiger partial charge in [0.25, 0.3) is 10.0 Å². The molecule has 0 unspecified atom stereocenters. The lowest BCUT2D eigenvalue weighted by Gasteiger charge is -2.11. The highest BCUT2D eigenvalue weighted by molar-refractivity contribution is 9.10. The Balaban J connectivity index is 2.36. The molecule has 0 aromatic heterocycles. The van der Waals surface area contributed by atoms with Crippen LogP contribution in [0.4, 0.5) is 5.69 Å². The quantitative estimate of drug-likeness (QED) is 0.827. The van der Waals surface area contributed by atoms with Gasteiger partial charge in [-0.3, -0.25) is 4.72 Å². The molecule has 0 aliphatic carbocycles. The van der Waals surface area contributed by atoms with Gasteiger partial charge in [-0.2, -0.15) is 0 Å². The summed E-state index contributed by atoms with van der Waals surface area (Å²) in [5, 5.41) is 9.65. The van der Waals surface area contributed by atoms with E-state index in [1.165, 1.54) is 6.07 Å². The average Bonchev–Trinajstić information content (AvgIpc) is 2.36. The lowest BCUT2D eigenvalue weighted by atomic mass is 10.2. The minimum atomic E-state index is -3.63. The highest BCUT2D eigenvalue weighted by Gasteiger charge is 2.15. The molecule has 2 N–H and O–H groups in total. The van der Waals surface area contributed by atoms with Gasteiger partial charge in [0.2, 0.25) is 0 Å². The number of nitrogens with one attached hydrogen (secondary N) is 1. The standard InChI is InChI=1S/C14H14BrNO3S/c1-9-3-5-12(6-4-9)20(18,19)16-11-7-10(2)14(17)13(15)8-11/h3-8,16-17H,1-2H3. The van der Waals surface area contributed by atoms with Crippen LogP contribution in [0.25, 0.3) is 0 Å². The molecule has 0 saturated heterocycles. The zero-order valence-corrected chi connectivity index (χ0v) is 13.4. The molecule has 0 fully saturated rings. The maximum Gasteiger partial charge on any atom is 0.261 e. The Labute approximate surface area is 126 Å². The first-order valence-corrected chi connectivity index (χ1v) is 8.16. The molecule has 0 aliphatic rings. The third-order valence-corrected chi connectivity index (χ3v) is 4.84. The predicted octanol–water partition coefficient (Wildman–Crippen LogP) is 3.57. The second kappa shape index (κ2) is 5.46. The number of sulfonamides is 1. The molecule has 0 aliphatic heterocycles. The van der Waals surface area contributed by atoms with E-state index in [4.69, 9.17) is 0 Å². The topological polar surface area (TPSA) is 66.4 Å². The van der Waals surface area contributed by atoms with Crippen LogP contribution in [-0.2, 0) is 10.0 Å². The predicted molar refractivity (Wildman–Crippen MR) is 82.5 cm³/mol. The Kier molecular flexibility index (Phi) is 4.06. The van der Waals surface area contributed by atoms with Crippen LogP contribution in [0.2, 0.25) is 0 Å². The number of hydrogen-bond acceptors (Lipinski definition) is 3. The lowest BCUT2D eigenvalue weighted by molar-refractivity contribution is 0.468. The zero-order chi connectivity index (χ0) is 14.9. The first-order chi connectivity index (χ1) is 9.29. The number of halogens is 1. The Morgan fingerprint density at radius 1 is 1.10 bits per heavy atom. The summed E-state index contributed by atoms with van der Waals surface area (Å²) in [4.78, 5) is 0.199. The van der Waals surface area contributed by atoms with Crippen molar-refractivity contribution in [3.05, 3.63) is 52.0 Å². The highest BCUT2D eigenvalue weighted by atomic mass is 79.9. The first kappa shape index (κ1) is 14.9. The molecule has 0 spiro atoms. The van der Waals surface area contributed by atoms with Crippen molar-refractivity contribution in [3.63, 3.8) is 0 Å². The molecule has 2 aromatic carbocycles. The van der Waals surface area contributed by atoms with Crippen molar-refractivity contribution in [2.75, 3.05) is 4.72 Å². The molecule has 0 saturated carbocycles. The van der Waals surface area contributed by atoms with E-state index in [0.717, 1.165) is 5.56 Å². The normalized spacial score (nSPS) is 11.3. The second-order valence-electron chi connectivity index (χ2n) is 4.54. The zero-order valence-electron chi connectivity index (χ0n) is 11.0. The molecule has 4 nitrogen and oxygen atoms in total. The van der Waals surface area contributed by atoms with Crippen molar-refractivity contribution >= 4 is 31.6 Å². The van der Waals surface area contributed by atoms with Gasteiger partial charge in [-0.1, -0.05) is 17.7 Å². The molecular formula is C14H14BrNO3S. The third kappa shape index (κ3) is 3.13. The van der Waals surface area contributed by atoms with E-state index < -0.39 is 10.0 Å². The lowest BCUT2D eigenvalue weighted by Crippen LogP contribution is -2.13. The highest BCUT2D eigenvalue weighted by Crippen LogP contribution is 2.31. The van der Waals surface area contributed by atoms with Gasteiger partial charge in [-0.05, 0) is 59.6 Å². The smallest absolute Gasteiger partial charge is 0.261 e. The van der Waals surface area contributed by atoms with Gasteiger partial charge in [-0.25, -0.2) is 8.42 Å². The van der Waals surface area contributed by atoms with Crippen molar-refractivity contribution in [1.82, 2.24) is 0 Å². The van der Waals surface area contributed by atoms with Crippen LogP contribution in [0, 0.1) is 13.8 Å². The number of aromatic hydroxyl groups is 1. The Morgan fingerprint density at radius 2 is 1.70 bits per heavy atom. The maximum atomic E-state index is 12.2. The summed E-state index contributed by atoms with van der Waals surface area (Å²) in [6.45, 7) is 3.59. The van der Waals surface area contributed by atoms with E-state index in [1.807, 2.05) is 6.92 Å². The molecule has 106 valence electrons. The maximum absolute atomic E-state index is 12.2. The fourth-order valence-corrected chi connectivity index (χ4v) is 3.33. The number of anilines is 1. The summed E-state index contributed by atoms with van der Waals surface area (Å²) in [5.74, 6) is 0.100. The minimum absolute atomic E-state index is 0.100. The van der Waals surface area contributed by atoms with E-state index >= 15 is 0 Å². The van der Waals surface area contributed by atoms with Gasteiger partial charge < -0.3 is 5.11 Å². The number of aryl methyl sites for hydroxylation is 2. The van der Waals surface area contributed by atoms with Gasteiger partial charge >= 0.3 is 0 Å². The second-order valence-corrected chi connectivity index (χ2v) is 7.08.